The Morgan fingerprint density at radius 3 is 3.05 bits per heavy atom. The highest BCUT2D eigenvalue weighted by atomic mass is 35.5. The van der Waals surface area contributed by atoms with E-state index in [1.165, 1.54) is 11.3 Å². The van der Waals surface area contributed by atoms with Crippen LogP contribution in [0.3, 0.4) is 0 Å². The maximum atomic E-state index is 12.6. The van der Waals surface area contributed by atoms with Gasteiger partial charge in [-0.3, -0.25) is 4.79 Å². The van der Waals surface area contributed by atoms with Gasteiger partial charge in [0.1, 0.15) is 4.88 Å². The summed E-state index contributed by atoms with van der Waals surface area (Å²) < 4.78 is 6.24. The zero-order valence-corrected chi connectivity index (χ0v) is 12.6. The summed E-state index contributed by atoms with van der Waals surface area (Å²) in [6.45, 7) is 1.34. The Bertz CT molecular complexity index is 670. The lowest BCUT2D eigenvalue weighted by atomic mass is 10.2. The summed E-state index contributed by atoms with van der Waals surface area (Å²) in [6, 6.07) is 5.50. The van der Waals surface area contributed by atoms with Crippen LogP contribution in [0.5, 0.6) is 0 Å². The molecular weight excluding hydrogens is 296 g/mol. The molecule has 0 spiro atoms. The van der Waals surface area contributed by atoms with Gasteiger partial charge in [-0.25, -0.2) is 0 Å². The first-order valence-electron chi connectivity index (χ1n) is 6.39. The van der Waals surface area contributed by atoms with Crippen molar-refractivity contribution < 1.29 is 9.53 Å². The van der Waals surface area contributed by atoms with Gasteiger partial charge in [-0.15, -0.1) is 11.3 Å². The molecule has 1 aliphatic heterocycles. The molecule has 2 N–H and O–H groups in total. The number of rotatable bonds is 2. The number of hydrogen-bond donors (Lipinski definition) is 1. The van der Waals surface area contributed by atoms with Crippen molar-refractivity contribution in [3.8, 4) is 0 Å². The molecule has 0 aliphatic carbocycles. The van der Waals surface area contributed by atoms with Crippen LogP contribution in [-0.4, -0.2) is 37.1 Å². The Labute approximate surface area is 126 Å². The van der Waals surface area contributed by atoms with Gasteiger partial charge >= 0.3 is 0 Å². The molecule has 3 rings (SSSR count). The largest absolute Gasteiger partial charge is 0.397 e. The van der Waals surface area contributed by atoms with E-state index in [4.69, 9.17) is 22.1 Å². The molecule has 1 fully saturated rings. The molecule has 4 nitrogen and oxygen atoms in total. The van der Waals surface area contributed by atoms with Crippen LogP contribution < -0.4 is 5.73 Å². The number of thiophene rings is 1. The van der Waals surface area contributed by atoms with Crippen molar-refractivity contribution in [3.05, 3.63) is 28.1 Å². The molecule has 1 unspecified atom stereocenters. The third-order valence-corrected chi connectivity index (χ3v) is 5.04. The number of carbonyl (C=O) groups excluding carboxylic acids is 1. The molecule has 1 aliphatic rings. The van der Waals surface area contributed by atoms with E-state index in [1.54, 1.807) is 18.1 Å². The van der Waals surface area contributed by atoms with Gasteiger partial charge in [0.2, 0.25) is 0 Å². The monoisotopic (exact) mass is 310 g/mol. The molecule has 0 saturated carbocycles. The van der Waals surface area contributed by atoms with Crippen molar-refractivity contribution in [1.29, 1.82) is 0 Å². The highest BCUT2D eigenvalue weighted by Crippen LogP contribution is 2.36. The number of carbonyl (C=O) groups is 1. The van der Waals surface area contributed by atoms with Crippen LogP contribution in [0.2, 0.25) is 5.02 Å². The number of benzene rings is 1. The number of methoxy groups -OCH3 is 1. The van der Waals surface area contributed by atoms with E-state index in [2.05, 4.69) is 0 Å². The number of halogens is 1. The summed E-state index contributed by atoms with van der Waals surface area (Å²) in [5.41, 5.74) is 6.66. The number of amides is 1. The van der Waals surface area contributed by atoms with Gasteiger partial charge in [0.15, 0.2) is 0 Å². The second-order valence-electron chi connectivity index (χ2n) is 4.88. The summed E-state index contributed by atoms with van der Waals surface area (Å²) >= 11 is 7.38. The highest BCUT2D eigenvalue weighted by Gasteiger charge is 2.29. The molecule has 1 aromatic carbocycles. The topological polar surface area (TPSA) is 55.6 Å². The lowest BCUT2D eigenvalue weighted by Crippen LogP contribution is -2.29. The number of nitrogens with two attached hydrogens (primary N) is 1. The van der Waals surface area contributed by atoms with Gasteiger partial charge in [-0.05, 0) is 24.6 Å². The van der Waals surface area contributed by atoms with Crippen molar-refractivity contribution in [2.45, 2.75) is 12.5 Å². The third-order valence-electron chi connectivity index (χ3n) is 3.65. The van der Waals surface area contributed by atoms with Gasteiger partial charge in [-0.2, -0.15) is 0 Å². The van der Waals surface area contributed by atoms with Crippen molar-refractivity contribution in [1.82, 2.24) is 4.90 Å². The van der Waals surface area contributed by atoms with E-state index < -0.39 is 0 Å². The molecule has 20 heavy (non-hydrogen) atoms. The van der Waals surface area contributed by atoms with Crippen LogP contribution in [-0.2, 0) is 4.74 Å². The number of nitrogens with zero attached hydrogens (tertiary/aromatic N) is 1. The molecule has 1 aromatic heterocycles. The van der Waals surface area contributed by atoms with E-state index in [0.717, 1.165) is 16.5 Å². The average Bonchev–Trinajstić information content (AvgIpc) is 3.03. The Hall–Kier alpha value is -1.30. The van der Waals surface area contributed by atoms with Crippen molar-refractivity contribution in [2.24, 2.45) is 0 Å². The standard InChI is InChI=1S/C14H15ClN2O2S/c1-19-9-4-5-17(7-9)14(18)13-12(16)10-3-2-8(15)6-11(10)20-13/h2-3,6,9H,4-5,7,16H2,1H3. The number of nitrogen functional groups attached to an aromatic ring is 1. The lowest BCUT2D eigenvalue weighted by molar-refractivity contribution is 0.0729. The minimum absolute atomic E-state index is 0.0145. The van der Waals surface area contributed by atoms with Crippen molar-refractivity contribution >= 4 is 44.6 Å². The predicted octanol–water partition coefficient (Wildman–Crippen LogP) is 3.00. The van der Waals surface area contributed by atoms with Gasteiger partial charge in [0.25, 0.3) is 5.91 Å². The van der Waals surface area contributed by atoms with Crippen LogP contribution in [0, 0.1) is 0 Å². The summed E-state index contributed by atoms with van der Waals surface area (Å²) in [5.74, 6) is -0.0145. The summed E-state index contributed by atoms with van der Waals surface area (Å²) in [4.78, 5) is 15.0. The molecule has 1 amide bonds. The highest BCUT2D eigenvalue weighted by molar-refractivity contribution is 7.21. The second kappa shape index (κ2) is 5.24. The first-order valence-corrected chi connectivity index (χ1v) is 7.59. The molecule has 1 atom stereocenters. The fraction of sp³-hybridized carbons (Fsp3) is 0.357. The van der Waals surface area contributed by atoms with Crippen molar-refractivity contribution in [3.63, 3.8) is 0 Å². The van der Waals surface area contributed by atoms with Gasteiger partial charge < -0.3 is 15.4 Å². The fourth-order valence-electron chi connectivity index (χ4n) is 2.50. The number of fused-ring (bicyclic) bond motifs is 1. The Balaban J connectivity index is 1.94. The molecule has 1 saturated heterocycles. The molecular formula is C14H15ClN2O2S. The number of ether oxygens (including phenoxy) is 1. The smallest absolute Gasteiger partial charge is 0.266 e. The SMILES string of the molecule is COC1CCN(C(=O)c2sc3cc(Cl)ccc3c2N)C1. The van der Waals surface area contributed by atoms with E-state index in [1.807, 2.05) is 12.1 Å². The molecule has 0 bridgehead atoms. The minimum Gasteiger partial charge on any atom is -0.397 e. The second-order valence-corrected chi connectivity index (χ2v) is 6.37. The number of likely N-dealkylation sites (tertiary alicyclic amines) is 1. The number of anilines is 1. The van der Waals surface area contributed by atoms with Gasteiger partial charge in [0, 0.05) is 35.3 Å². The first-order chi connectivity index (χ1) is 9.60. The van der Waals surface area contributed by atoms with E-state index in [0.29, 0.717) is 28.7 Å². The molecule has 2 heterocycles. The van der Waals surface area contributed by atoms with E-state index >= 15 is 0 Å². The van der Waals surface area contributed by atoms with Crippen molar-refractivity contribution in [2.75, 3.05) is 25.9 Å². The maximum absolute atomic E-state index is 12.6. The lowest BCUT2D eigenvalue weighted by Gasteiger charge is -2.15. The zero-order chi connectivity index (χ0) is 14.3. The van der Waals surface area contributed by atoms with Crippen LogP contribution in [0.4, 0.5) is 5.69 Å². The van der Waals surface area contributed by atoms with E-state index in [9.17, 15) is 4.79 Å². The van der Waals surface area contributed by atoms with E-state index in [-0.39, 0.29) is 12.0 Å². The molecule has 2 aromatic rings. The summed E-state index contributed by atoms with van der Waals surface area (Å²) in [6.07, 6.45) is 1.00. The Morgan fingerprint density at radius 2 is 2.35 bits per heavy atom. The minimum atomic E-state index is -0.0145. The molecule has 0 radical (unpaired) electrons. The maximum Gasteiger partial charge on any atom is 0.266 e. The summed E-state index contributed by atoms with van der Waals surface area (Å²) in [5, 5.41) is 1.55. The zero-order valence-electron chi connectivity index (χ0n) is 11.1. The average molecular weight is 311 g/mol. The third kappa shape index (κ3) is 2.26. The van der Waals surface area contributed by atoms with Crippen LogP contribution in [0.15, 0.2) is 18.2 Å². The number of hydrogen-bond acceptors (Lipinski definition) is 4. The van der Waals surface area contributed by atoms with Crippen LogP contribution in [0.25, 0.3) is 10.1 Å². The van der Waals surface area contributed by atoms with Crippen LogP contribution >= 0.6 is 22.9 Å². The Kier molecular flexibility index (Phi) is 3.58. The first kappa shape index (κ1) is 13.7. The Morgan fingerprint density at radius 1 is 1.55 bits per heavy atom. The predicted molar refractivity (Wildman–Crippen MR) is 82.6 cm³/mol. The normalized spacial score (nSPS) is 18.9. The molecule has 106 valence electrons. The fourth-order valence-corrected chi connectivity index (χ4v) is 3.86. The van der Waals surface area contributed by atoms with Crippen LogP contribution in [0.1, 0.15) is 16.1 Å². The quantitative estimate of drug-likeness (QED) is 0.927. The molecule has 6 heteroatoms. The summed E-state index contributed by atoms with van der Waals surface area (Å²) in [7, 11) is 1.68. The van der Waals surface area contributed by atoms with Gasteiger partial charge in [-0.1, -0.05) is 11.6 Å². The van der Waals surface area contributed by atoms with Gasteiger partial charge in [0.05, 0.1) is 11.8 Å².